The molecule has 0 aliphatic carbocycles. The molecule has 0 saturated heterocycles. The van der Waals surface area contributed by atoms with E-state index in [1.54, 1.807) is 0 Å². The maximum Gasteiger partial charge on any atom is 0.294 e. The highest BCUT2D eigenvalue weighted by Gasteiger charge is 2.18. The van der Waals surface area contributed by atoms with Gasteiger partial charge in [-0.25, -0.2) is 4.57 Å². The van der Waals surface area contributed by atoms with Crippen molar-refractivity contribution in [3.8, 4) is 0 Å². The Bertz CT molecular complexity index is 1180. The lowest BCUT2D eigenvalue weighted by Crippen LogP contribution is -3.00. The standard InChI is InChI=1S/C22H17N2.BrH/c1-2-8-17(9-3-1)16-23-14-15-24-21-13-7-6-11-19(21)18-10-4-5-12-20(18)22(23)24;/h1-15H,16H2;1H/q+1;/p-1. The van der Waals surface area contributed by atoms with Crippen molar-refractivity contribution in [1.82, 2.24) is 4.40 Å². The highest BCUT2D eigenvalue weighted by molar-refractivity contribution is 6.10. The lowest BCUT2D eigenvalue weighted by atomic mass is 10.1. The zero-order valence-electron chi connectivity index (χ0n) is 13.6. The molecule has 122 valence electrons. The summed E-state index contributed by atoms with van der Waals surface area (Å²) in [5, 5.41) is 3.89. The van der Waals surface area contributed by atoms with Crippen molar-refractivity contribution in [3.63, 3.8) is 0 Å². The van der Waals surface area contributed by atoms with Gasteiger partial charge in [0.15, 0.2) is 0 Å². The van der Waals surface area contributed by atoms with Crippen LogP contribution in [-0.4, -0.2) is 4.40 Å². The van der Waals surface area contributed by atoms with E-state index in [0.29, 0.717) is 0 Å². The van der Waals surface area contributed by atoms with Gasteiger partial charge in [0.05, 0.1) is 5.39 Å². The van der Waals surface area contributed by atoms with Gasteiger partial charge < -0.3 is 17.0 Å². The molecule has 0 fully saturated rings. The number of hydrogen-bond donors (Lipinski definition) is 0. The van der Waals surface area contributed by atoms with Gasteiger partial charge in [-0.05, 0) is 17.7 Å². The number of rotatable bonds is 2. The minimum absolute atomic E-state index is 0. The summed E-state index contributed by atoms with van der Waals surface area (Å²) in [6.07, 6.45) is 4.36. The number of imidazole rings is 1. The van der Waals surface area contributed by atoms with E-state index in [4.69, 9.17) is 0 Å². The van der Waals surface area contributed by atoms with Crippen LogP contribution in [0, 0.1) is 0 Å². The first-order valence-corrected chi connectivity index (χ1v) is 8.26. The number of benzene rings is 3. The Morgan fingerprint density at radius 2 is 1.32 bits per heavy atom. The molecule has 0 bridgehead atoms. The molecule has 5 rings (SSSR count). The van der Waals surface area contributed by atoms with Crippen LogP contribution in [0.4, 0.5) is 0 Å². The topological polar surface area (TPSA) is 8.29 Å². The summed E-state index contributed by atoms with van der Waals surface area (Å²) < 4.78 is 4.64. The van der Waals surface area contributed by atoms with Gasteiger partial charge in [-0.15, -0.1) is 0 Å². The van der Waals surface area contributed by atoms with Crippen molar-refractivity contribution in [3.05, 3.63) is 96.8 Å². The third-order valence-electron chi connectivity index (χ3n) is 4.71. The van der Waals surface area contributed by atoms with Crippen molar-refractivity contribution in [2.24, 2.45) is 0 Å². The zero-order valence-corrected chi connectivity index (χ0v) is 15.2. The van der Waals surface area contributed by atoms with Crippen LogP contribution >= 0.6 is 0 Å². The lowest BCUT2D eigenvalue weighted by molar-refractivity contribution is -0.661. The largest absolute Gasteiger partial charge is 1.00 e. The monoisotopic (exact) mass is 388 g/mol. The fourth-order valence-corrected chi connectivity index (χ4v) is 3.64. The van der Waals surface area contributed by atoms with Crippen molar-refractivity contribution >= 4 is 27.3 Å². The van der Waals surface area contributed by atoms with E-state index >= 15 is 0 Å². The summed E-state index contributed by atoms with van der Waals surface area (Å²) in [5.74, 6) is 0. The van der Waals surface area contributed by atoms with Crippen LogP contribution in [0.1, 0.15) is 5.56 Å². The van der Waals surface area contributed by atoms with Gasteiger partial charge >= 0.3 is 0 Å². The average Bonchev–Trinajstić information content (AvgIpc) is 3.07. The Balaban J connectivity index is 0.00000157. The predicted molar refractivity (Wildman–Crippen MR) is 98.1 cm³/mol. The lowest BCUT2D eigenvalue weighted by Gasteiger charge is -2.05. The summed E-state index contributed by atoms with van der Waals surface area (Å²) in [6, 6.07) is 27.9. The maximum atomic E-state index is 2.34. The fraction of sp³-hybridized carbons (Fsp3) is 0.0455. The second kappa shape index (κ2) is 6.34. The van der Waals surface area contributed by atoms with Crippen LogP contribution in [0.5, 0.6) is 0 Å². The third-order valence-corrected chi connectivity index (χ3v) is 4.71. The van der Waals surface area contributed by atoms with E-state index in [-0.39, 0.29) is 17.0 Å². The van der Waals surface area contributed by atoms with Crippen molar-refractivity contribution in [2.45, 2.75) is 6.54 Å². The molecule has 2 nitrogen and oxygen atoms in total. The number of hydrogen-bond acceptors (Lipinski definition) is 0. The van der Waals surface area contributed by atoms with Crippen LogP contribution < -0.4 is 21.5 Å². The van der Waals surface area contributed by atoms with Gasteiger partial charge in [-0.2, -0.15) is 4.40 Å². The van der Waals surface area contributed by atoms with Gasteiger partial charge in [-0.3, -0.25) is 0 Å². The molecular weight excluding hydrogens is 372 g/mol. The second-order valence-corrected chi connectivity index (χ2v) is 6.17. The number of halogens is 1. The summed E-state index contributed by atoms with van der Waals surface area (Å²) in [6.45, 7) is 0.875. The van der Waals surface area contributed by atoms with Crippen LogP contribution in [0.15, 0.2) is 91.3 Å². The quantitative estimate of drug-likeness (QED) is 0.320. The molecule has 3 aromatic carbocycles. The number of para-hydroxylation sites is 1. The van der Waals surface area contributed by atoms with Gasteiger partial charge in [0.1, 0.15) is 24.5 Å². The minimum atomic E-state index is 0. The maximum absolute atomic E-state index is 2.34. The average molecular weight is 389 g/mol. The molecule has 2 heterocycles. The van der Waals surface area contributed by atoms with Gasteiger partial charge in [-0.1, -0.05) is 66.7 Å². The molecule has 25 heavy (non-hydrogen) atoms. The molecule has 0 N–H and O–H groups in total. The Kier molecular flexibility index (Phi) is 4.02. The van der Waals surface area contributed by atoms with E-state index in [2.05, 4.69) is 100 Å². The molecule has 0 aliphatic rings. The third kappa shape index (κ3) is 2.52. The first kappa shape index (κ1) is 15.9. The van der Waals surface area contributed by atoms with Crippen LogP contribution in [0.3, 0.4) is 0 Å². The van der Waals surface area contributed by atoms with E-state index in [0.717, 1.165) is 6.54 Å². The van der Waals surface area contributed by atoms with Crippen molar-refractivity contribution < 1.29 is 21.5 Å². The molecule has 0 saturated carbocycles. The predicted octanol–water partition coefficient (Wildman–Crippen LogP) is 1.59. The Morgan fingerprint density at radius 3 is 2.12 bits per heavy atom. The zero-order chi connectivity index (χ0) is 15.9. The SMILES string of the molecule is [Br-].c1ccc(C[n+]2ccn3c4ccccc4c4ccccc4c32)cc1. The first-order chi connectivity index (χ1) is 11.9. The molecule has 0 unspecified atom stereocenters. The summed E-state index contributed by atoms with van der Waals surface area (Å²) in [7, 11) is 0. The number of nitrogens with zero attached hydrogens (tertiary/aromatic N) is 2. The molecule has 5 aromatic rings. The number of aromatic nitrogens is 2. The molecule has 0 atom stereocenters. The fourth-order valence-electron chi connectivity index (χ4n) is 3.64. The normalized spacial score (nSPS) is 11.0. The Hall–Kier alpha value is -2.65. The Morgan fingerprint density at radius 1 is 0.680 bits per heavy atom. The molecule has 0 spiro atoms. The minimum Gasteiger partial charge on any atom is -1.00 e. The smallest absolute Gasteiger partial charge is 0.294 e. The van der Waals surface area contributed by atoms with Crippen molar-refractivity contribution in [1.29, 1.82) is 0 Å². The van der Waals surface area contributed by atoms with Crippen LogP contribution in [-0.2, 0) is 6.54 Å². The summed E-state index contributed by atoms with van der Waals surface area (Å²) >= 11 is 0. The van der Waals surface area contributed by atoms with E-state index in [9.17, 15) is 0 Å². The van der Waals surface area contributed by atoms with Gasteiger partial charge in [0, 0.05) is 10.8 Å². The molecule has 0 aliphatic heterocycles. The van der Waals surface area contributed by atoms with Crippen LogP contribution in [0.25, 0.3) is 27.3 Å². The molecule has 0 amide bonds. The number of fused-ring (bicyclic) bond motifs is 6. The van der Waals surface area contributed by atoms with E-state index < -0.39 is 0 Å². The molecular formula is C22H17BrN2. The van der Waals surface area contributed by atoms with E-state index in [1.807, 2.05) is 0 Å². The number of pyridine rings is 1. The van der Waals surface area contributed by atoms with Gasteiger partial charge in [0.25, 0.3) is 5.65 Å². The molecule has 0 radical (unpaired) electrons. The summed E-state index contributed by atoms with van der Waals surface area (Å²) in [5.41, 5.74) is 3.80. The summed E-state index contributed by atoms with van der Waals surface area (Å²) in [4.78, 5) is 0. The van der Waals surface area contributed by atoms with Gasteiger partial charge in [0.2, 0.25) is 0 Å². The second-order valence-electron chi connectivity index (χ2n) is 6.17. The molecule has 3 heteroatoms. The Labute approximate surface area is 156 Å². The van der Waals surface area contributed by atoms with E-state index in [1.165, 1.54) is 32.9 Å². The first-order valence-electron chi connectivity index (χ1n) is 8.26. The van der Waals surface area contributed by atoms with Crippen molar-refractivity contribution in [2.75, 3.05) is 0 Å². The van der Waals surface area contributed by atoms with Crippen LogP contribution in [0.2, 0.25) is 0 Å². The molecule has 2 aromatic heterocycles. The highest BCUT2D eigenvalue weighted by Crippen LogP contribution is 2.28. The highest BCUT2D eigenvalue weighted by atomic mass is 79.9.